The number of imidazole rings is 1. The lowest BCUT2D eigenvalue weighted by Crippen LogP contribution is -2.00. The van der Waals surface area contributed by atoms with Crippen LogP contribution in [-0.2, 0) is 13.0 Å². The monoisotopic (exact) mass is 237 g/mol. The second-order valence-corrected chi connectivity index (χ2v) is 4.81. The van der Waals surface area contributed by atoms with E-state index < -0.39 is 0 Å². The number of nitrogens with two attached hydrogens (primary N) is 1. The molecule has 0 atom stereocenters. The number of nitrogens with zero attached hydrogens (tertiary/aromatic N) is 2. The molecule has 3 nitrogen and oxygen atoms in total. The minimum atomic E-state index is 0.446. The quantitative estimate of drug-likeness (QED) is 0.892. The van der Waals surface area contributed by atoms with Gasteiger partial charge in [0, 0.05) is 24.2 Å². The third-order valence-corrected chi connectivity index (χ3v) is 2.77. The minimum absolute atomic E-state index is 0.446. The van der Waals surface area contributed by atoms with Gasteiger partial charge >= 0.3 is 0 Å². The number of pyridine rings is 1. The van der Waals surface area contributed by atoms with E-state index in [0.717, 1.165) is 28.5 Å². The highest BCUT2D eigenvalue weighted by Gasteiger charge is 2.11. The first kappa shape index (κ1) is 11.4. The molecule has 0 saturated heterocycles. The van der Waals surface area contributed by atoms with Crippen LogP contribution in [-0.4, -0.2) is 9.38 Å². The van der Waals surface area contributed by atoms with Gasteiger partial charge in [-0.1, -0.05) is 25.4 Å². The number of rotatable bonds is 3. The predicted molar refractivity (Wildman–Crippen MR) is 66.6 cm³/mol. The van der Waals surface area contributed by atoms with Crippen LogP contribution in [0.25, 0.3) is 5.52 Å². The molecular formula is C12H16ClN3. The van der Waals surface area contributed by atoms with Crippen LogP contribution in [0.15, 0.2) is 18.3 Å². The summed E-state index contributed by atoms with van der Waals surface area (Å²) in [7, 11) is 0. The van der Waals surface area contributed by atoms with Gasteiger partial charge in [-0.3, -0.25) is 0 Å². The number of hydrogen-bond donors (Lipinski definition) is 1. The highest BCUT2D eigenvalue weighted by molar-refractivity contribution is 6.30. The zero-order chi connectivity index (χ0) is 11.7. The molecule has 0 saturated carbocycles. The van der Waals surface area contributed by atoms with Crippen LogP contribution in [0.3, 0.4) is 0 Å². The number of halogens is 1. The van der Waals surface area contributed by atoms with Gasteiger partial charge in [-0.15, -0.1) is 0 Å². The first-order valence-corrected chi connectivity index (χ1v) is 5.85. The lowest BCUT2D eigenvalue weighted by molar-refractivity contribution is 0.618. The molecule has 0 spiro atoms. The molecule has 16 heavy (non-hydrogen) atoms. The van der Waals surface area contributed by atoms with Crippen molar-refractivity contribution in [2.24, 2.45) is 11.7 Å². The maximum atomic E-state index is 5.98. The Bertz CT molecular complexity index is 502. The molecular weight excluding hydrogens is 222 g/mol. The van der Waals surface area contributed by atoms with Gasteiger partial charge in [0.25, 0.3) is 0 Å². The topological polar surface area (TPSA) is 43.3 Å². The van der Waals surface area contributed by atoms with Crippen molar-refractivity contribution < 1.29 is 0 Å². The van der Waals surface area contributed by atoms with E-state index in [1.165, 1.54) is 0 Å². The van der Waals surface area contributed by atoms with E-state index in [9.17, 15) is 0 Å². The fraction of sp³-hybridized carbons (Fsp3) is 0.417. The molecule has 0 radical (unpaired) electrons. The van der Waals surface area contributed by atoms with Gasteiger partial charge in [0.2, 0.25) is 0 Å². The van der Waals surface area contributed by atoms with Crippen LogP contribution in [0, 0.1) is 5.92 Å². The molecule has 0 bridgehead atoms. The summed E-state index contributed by atoms with van der Waals surface area (Å²) < 4.78 is 2.08. The lowest BCUT2D eigenvalue weighted by Gasteiger charge is -2.03. The smallest absolute Gasteiger partial charge is 0.113 e. The number of aromatic nitrogens is 2. The van der Waals surface area contributed by atoms with Gasteiger partial charge in [0.05, 0.1) is 11.2 Å². The van der Waals surface area contributed by atoms with Crippen molar-refractivity contribution in [1.82, 2.24) is 9.38 Å². The molecule has 0 unspecified atom stereocenters. The van der Waals surface area contributed by atoms with Crippen molar-refractivity contribution in [2.45, 2.75) is 26.8 Å². The molecule has 0 aliphatic carbocycles. The Morgan fingerprint density at radius 1 is 1.50 bits per heavy atom. The van der Waals surface area contributed by atoms with Crippen molar-refractivity contribution in [3.05, 3.63) is 34.9 Å². The van der Waals surface area contributed by atoms with E-state index >= 15 is 0 Å². The average Bonchev–Trinajstić information content (AvgIpc) is 2.55. The van der Waals surface area contributed by atoms with Crippen LogP contribution >= 0.6 is 11.6 Å². The van der Waals surface area contributed by atoms with Crippen molar-refractivity contribution >= 4 is 17.1 Å². The van der Waals surface area contributed by atoms with Gasteiger partial charge in [-0.2, -0.15) is 0 Å². The lowest BCUT2D eigenvalue weighted by atomic mass is 10.1. The first-order chi connectivity index (χ1) is 7.61. The Labute approximate surface area is 100 Å². The minimum Gasteiger partial charge on any atom is -0.325 e. The van der Waals surface area contributed by atoms with Gasteiger partial charge < -0.3 is 10.1 Å². The molecule has 2 aromatic heterocycles. The van der Waals surface area contributed by atoms with Crippen molar-refractivity contribution in [3.63, 3.8) is 0 Å². The van der Waals surface area contributed by atoms with Crippen LogP contribution in [0.4, 0.5) is 0 Å². The molecule has 0 fully saturated rings. The van der Waals surface area contributed by atoms with E-state index in [0.29, 0.717) is 12.5 Å². The Morgan fingerprint density at radius 2 is 2.25 bits per heavy atom. The van der Waals surface area contributed by atoms with Crippen LogP contribution in [0.2, 0.25) is 5.02 Å². The molecule has 0 aliphatic heterocycles. The zero-order valence-corrected chi connectivity index (χ0v) is 10.3. The number of hydrogen-bond acceptors (Lipinski definition) is 2. The summed E-state index contributed by atoms with van der Waals surface area (Å²) in [5, 5.41) is 0.721. The average molecular weight is 238 g/mol. The second-order valence-electron chi connectivity index (χ2n) is 4.38. The van der Waals surface area contributed by atoms with Gasteiger partial charge in [0.1, 0.15) is 5.82 Å². The molecule has 2 heterocycles. The van der Waals surface area contributed by atoms with Crippen LogP contribution < -0.4 is 5.73 Å². The first-order valence-electron chi connectivity index (χ1n) is 5.47. The van der Waals surface area contributed by atoms with E-state index in [1.807, 2.05) is 18.3 Å². The largest absolute Gasteiger partial charge is 0.325 e. The van der Waals surface area contributed by atoms with E-state index in [1.54, 1.807) is 0 Å². The fourth-order valence-corrected chi connectivity index (χ4v) is 2.01. The Morgan fingerprint density at radius 3 is 2.88 bits per heavy atom. The molecule has 0 aliphatic rings. The zero-order valence-electron chi connectivity index (χ0n) is 9.57. The second kappa shape index (κ2) is 4.44. The summed E-state index contributed by atoms with van der Waals surface area (Å²) in [5.41, 5.74) is 7.63. The highest BCUT2D eigenvalue weighted by Crippen LogP contribution is 2.19. The standard InChI is InChI=1S/C12H16ClN3/c1-8(2)5-12-15-10(7-14)11-6-9(13)3-4-16(11)12/h3-4,6,8H,5,7,14H2,1-2H3. The molecule has 0 amide bonds. The summed E-state index contributed by atoms with van der Waals surface area (Å²) >= 11 is 5.98. The molecule has 4 heteroatoms. The summed E-state index contributed by atoms with van der Waals surface area (Å²) in [4.78, 5) is 4.57. The SMILES string of the molecule is CC(C)Cc1nc(CN)c2cc(Cl)ccn12. The van der Waals surface area contributed by atoms with E-state index in [4.69, 9.17) is 17.3 Å². The third kappa shape index (κ3) is 2.06. The van der Waals surface area contributed by atoms with Crippen molar-refractivity contribution in [1.29, 1.82) is 0 Å². The number of fused-ring (bicyclic) bond motifs is 1. The molecule has 86 valence electrons. The Balaban J connectivity index is 2.58. The van der Waals surface area contributed by atoms with E-state index in [2.05, 4.69) is 23.2 Å². The van der Waals surface area contributed by atoms with Crippen molar-refractivity contribution in [2.75, 3.05) is 0 Å². The predicted octanol–water partition coefficient (Wildman–Crippen LogP) is 2.64. The molecule has 2 rings (SSSR count). The summed E-state index contributed by atoms with van der Waals surface area (Å²) in [5.74, 6) is 1.63. The summed E-state index contributed by atoms with van der Waals surface area (Å²) in [6, 6.07) is 3.79. The Kier molecular flexibility index (Phi) is 3.17. The molecule has 2 aromatic rings. The van der Waals surface area contributed by atoms with Gasteiger partial charge in [-0.25, -0.2) is 4.98 Å². The molecule has 0 aromatic carbocycles. The normalized spacial score (nSPS) is 11.6. The third-order valence-electron chi connectivity index (χ3n) is 2.54. The maximum Gasteiger partial charge on any atom is 0.113 e. The molecule has 2 N–H and O–H groups in total. The highest BCUT2D eigenvalue weighted by atomic mass is 35.5. The van der Waals surface area contributed by atoms with Gasteiger partial charge in [-0.05, 0) is 18.1 Å². The van der Waals surface area contributed by atoms with Crippen molar-refractivity contribution in [3.8, 4) is 0 Å². The van der Waals surface area contributed by atoms with E-state index in [-0.39, 0.29) is 0 Å². The summed E-state index contributed by atoms with van der Waals surface area (Å²) in [6.07, 6.45) is 2.91. The van der Waals surface area contributed by atoms with Crippen LogP contribution in [0.5, 0.6) is 0 Å². The maximum absolute atomic E-state index is 5.98. The summed E-state index contributed by atoms with van der Waals surface area (Å²) in [6.45, 7) is 4.81. The van der Waals surface area contributed by atoms with Crippen LogP contribution in [0.1, 0.15) is 25.4 Å². The Hall–Kier alpha value is -1.06. The van der Waals surface area contributed by atoms with Gasteiger partial charge in [0.15, 0.2) is 0 Å². The fourth-order valence-electron chi connectivity index (χ4n) is 1.85.